The average Bonchev–Trinajstić information content (AvgIpc) is 2.80. The molecule has 1 amide bonds. The highest BCUT2D eigenvalue weighted by molar-refractivity contribution is 7.20. The molecule has 0 bridgehead atoms. The Morgan fingerprint density at radius 1 is 1.57 bits per heavy atom. The summed E-state index contributed by atoms with van der Waals surface area (Å²) < 4.78 is 0. The summed E-state index contributed by atoms with van der Waals surface area (Å²) in [5.74, 6) is 0.495. The van der Waals surface area contributed by atoms with Crippen molar-refractivity contribution >= 4 is 33.3 Å². The summed E-state index contributed by atoms with van der Waals surface area (Å²) in [5, 5.41) is 15.9. The van der Waals surface area contributed by atoms with Gasteiger partial charge >= 0.3 is 0 Å². The normalized spacial score (nSPS) is 12.1. The van der Waals surface area contributed by atoms with E-state index in [2.05, 4.69) is 27.2 Å². The summed E-state index contributed by atoms with van der Waals surface area (Å²) >= 11 is 1.32. The van der Waals surface area contributed by atoms with Crippen LogP contribution in [-0.2, 0) is 0 Å². The molecular formula is C14H18N4O2S. The number of hydrogen-bond acceptors (Lipinski definition) is 6. The number of nitrogens with one attached hydrogen (secondary N) is 2. The van der Waals surface area contributed by atoms with Crippen molar-refractivity contribution in [2.45, 2.75) is 20.0 Å². The van der Waals surface area contributed by atoms with Gasteiger partial charge in [-0.2, -0.15) is 0 Å². The fourth-order valence-corrected chi connectivity index (χ4v) is 2.98. The van der Waals surface area contributed by atoms with Crippen molar-refractivity contribution in [3.05, 3.63) is 29.4 Å². The molecule has 0 spiro atoms. The van der Waals surface area contributed by atoms with Crippen LogP contribution in [0.15, 0.2) is 19.0 Å². The van der Waals surface area contributed by atoms with Crippen LogP contribution in [0.4, 0.5) is 5.82 Å². The van der Waals surface area contributed by atoms with Gasteiger partial charge in [-0.15, -0.1) is 17.9 Å². The maximum absolute atomic E-state index is 12.2. The van der Waals surface area contributed by atoms with Crippen LogP contribution in [0.3, 0.4) is 0 Å². The van der Waals surface area contributed by atoms with Crippen molar-refractivity contribution < 1.29 is 9.90 Å². The van der Waals surface area contributed by atoms with Gasteiger partial charge in [0, 0.05) is 13.1 Å². The second-order valence-electron chi connectivity index (χ2n) is 4.69. The Balaban J connectivity index is 2.36. The highest BCUT2D eigenvalue weighted by Gasteiger charge is 2.19. The number of thiophene rings is 1. The lowest BCUT2D eigenvalue weighted by molar-refractivity contribution is 0.0927. The number of aryl methyl sites for hydroxylation is 1. The van der Waals surface area contributed by atoms with Crippen LogP contribution in [0.2, 0.25) is 0 Å². The van der Waals surface area contributed by atoms with Crippen LogP contribution < -0.4 is 10.6 Å². The number of carbonyl (C=O) groups is 1. The number of amides is 1. The summed E-state index contributed by atoms with van der Waals surface area (Å²) in [4.78, 5) is 22.0. The summed E-state index contributed by atoms with van der Waals surface area (Å²) in [6.45, 7) is 7.97. The zero-order chi connectivity index (χ0) is 15.4. The minimum absolute atomic E-state index is 0.203. The lowest BCUT2D eigenvalue weighted by atomic mass is 10.2. The Labute approximate surface area is 126 Å². The monoisotopic (exact) mass is 306 g/mol. The molecule has 0 aliphatic carbocycles. The molecule has 0 radical (unpaired) electrons. The first kappa shape index (κ1) is 15.4. The number of aromatic nitrogens is 2. The van der Waals surface area contributed by atoms with Gasteiger partial charge in [0.25, 0.3) is 5.91 Å². The molecule has 7 heteroatoms. The SMILES string of the molecule is C=CCNc1ncnc2sc(C(=O)NC[C@@H](C)O)c(C)c12. The molecule has 0 aliphatic heterocycles. The summed E-state index contributed by atoms with van der Waals surface area (Å²) in [6, 6.07) is 0. The van der Waals surface area contributed by atoms with Crippen molar-refractivity contribution in [1.29, 1.82) is 0 Å². The molecule has 6 nitrogen and oxygen atoms in total. The smallest absolute Gasteiger partial charge is 0.261 e. The second-order valence-corrected chi connectivity index (χ2v) is 5.69. The van der Waals surface area contributed by atoms with Crippen molar-refractivity contribution in [3.63, 3.8) is 0 Å². The lowest BCUT2D eigenvalue weighted by Crippen LogP contribution is -2.30. The first-order chi connectivity index (χ1) is 10.0. The lowest BCUT2D eigenvalue weighted by Gasteiger charge is -2.06. The van der Waals surface area contributed by atoms with Gasteiger partial charge in [0.15, 0.2) is 0 Å². The third-order valence-corrected chi connectivity index (χ3v) is 4.10. The topological polar surface area (TPSA) is 87.1 Å². The molecule has 0 unspecified atom stereocenters. The maximum Gasteiger partial charge on any atom is 0.261 e. The quantitative estimate of drug-likeness (QED) is 0.707. The zero-order valence-electron chi connectivity index (χ0n) is 12.0. The predicted octanol–water partition coefficient (Wildman–Crippen LogP) is 1.71. The fraction of sp³-hybridized carbons (Fsp3) is 0.357. The highest BCUT2D eigenvalue weighted by Crippen LogP contribution is 2.33. The van der Waals surface area contributed by atoms with Gasteiger partial charge in [-0.05, 0) is 19.4 Å². The molecule has 2 heterocycles. The van der Waals surface area contributed by atoms with E-state index < -0.39 is 6.10 Å². The van der Waals surface area contributed by atoms with Gasteiger partial charge in [-0.1, -0.05) is 6.08 Å². The van der Waals surface area contributed by atoms with Crippen LogP contribution in [-0.4, -0.2) is 40.2 Å². The number of nitrogens with zero attached hydrogens (tertiary/aromatic N) is 2. The number of anilines is 1. The molecular weight excluding hydrogens is 288 g/mol. The maximum atomic E-state index is 12.2. The minimum atomic E-state index is -0.576. The molecule has 2 aromatic rings. The Morgan fingerprint density at radius 3 is 3.00 bits per heavy atom. The van der Waals surface area contributed by atoms with E-state index in [-0.39, 0.29) is 12.5 Å². The Bertz CT molecular complexity index is 666. The van der Waals surface area contributed by atoms with Crippen molar-refractivity contribution in [3.8, 4) is 0 Å². The first-order valence-electron chi connectivity index (χ1n) is 6.59. The van der Waals surface area contributed by atoms with Crippen molar-refractivity contribution in [2.24, 2.45) is 0 Å². The van der Waals surface area contributed by atoms with Crippen LogP contribution >= 0.6 is 11.3 Å². The van der Waals surface area contributed by atoms with Gasteiger partial charge in [-0.3, -0.25) is 4.79 Å². The molecule has 0 aliphatic rings. The molecule has 0 fully saturated rings. The van der Waals surface area contributed by atoms with E-state index in [1.807, 2.05) is 6.92 Å². The Hall–Kier alpha value is -1.99. The van der Waals surface area contributed by atoms with Crippen LogP contribution in [0.25, 0.3) is 10.2 Å². The standard InChI is InChI=1S/C14H18N4O2S/c1-4-5-15-12-10-9(3)11(13(20)16-6-8(2)19)21-14(10)18-7-17-12/h4,7-8,19H,1,5-6H2,2-3H3,(H,16,20)(H,15,17,18)/t8-/m1/s1. The first-order valence-corrected chi connectivity index (χ1v) is 7.41. The summed E-state index contributed by atoms with van der Waals surface area (Å²) in [5.41, 5.74) is 0.838. The van der Waals surface area contributed by atoms with E-state index in [0.717, 1.165) is 15.8 Å². The van der Waals surface area contributed by atoms with E-state index in [1.165, 1.54) is 17.7 Å². The molecule has 0 saturated heterocycles. The summed E-state index contributed by atoms with van der Waals surface area (Å²) in [6.07, 6.45) is 2.64. The zero-order valence-corrected chi connectivity index (χ0v) is 12.8. The molecule has 21 heavy (non-hydrogen) atoms. The highest BCUT2D eigenvalue weighted by atomic mass is 32.1. The fourth-order valence-electron chi connectivity index (χ4n) is 1.91. The molecule has 1 atom stereocenters. The van der Waals surface area contributed by atoms with E-state index in [0.29, 0.717) is 17.2 Å². The van der Waals surface area contributed by atoms with E-state index in [4.69, 9.17) is 0 Å². The Morgan fingerprint density at radius 2 is 2.33 bits per heavy atom. The molecule has 2 rings (SSSR count). The van der Waals surface area contributed by atoms with Gasteiger partial charge in [-0.25, -0.2) is 9.97 Å². The van der Waals surface area contributed by atoms with E-state index in [1.54, 1.807) is 13.0 Å². The number of carbonyl (C=O) groups excluding carboxylic acids is 1. The third-order valence-electron chi connectivity index (χ3n) is 2.90. The second kappa shape index (κ2) is 6.64. The molecule has 0 saturated carbocycles. The Kier molecular flexibility index (Phi) is 4.87. The number of rotatable bonds is 6. The van der Waals surface area contributed by atoms with Crippen molar-refractivity contribution in [2.75, 3.05) is 18.4 Å². The predicted molar refractivity (Wildman–Crippen MR) is 84.9 cm³/mol. The summed E-state index contributed by atoms with van der Waals surface area (Å²) in [7, 11) is 0. The number of hydrogen-bond donors (Lipinski definition) is 3. The van der Waals surface area contributed by atoms with Gasteiger partial charge in [0.1, 0.15) is 17.0 Å². The van der Waals surface area contributed by atoms with Crippen molar-refractivity contribution in [1.82, 2.24) is 15.3 Å². The molecule has 2 aromatic heterocycles. The number of fused-ring (bicyclic) bond motifs is 1. The van der Waals surface area contributed by atoms with Gasteiger partial charge in [0.2, 0.25) is 0 Å². The molecule has 3 N–H and O–H groups in total. The average molecular weight is 306 g/mol. The van der Waals surface area contributed by atoms with E-state index in [9.17, 15) is 9.90 Å². The van der Waals surface area contributed by atoms with E-state index >= 15 is 0 Å². The largest absolute Gasteiger partial charge is 0.392 e. The van der Waals surface area contributed by atoms with Gasteiger partial charge < -0.3 is 15.7 Å². The van der Waals surface area contributed by atoms with Crippen LogP contribution in [0.5, 0.6) is 0 Å². The number of aliphatic hydroxyl groups is 1. The minimum Gasteiger partial charge on any atom is -0.392 e. The van der Waals surface area contributed by atoms with Crippen LogP contribution in [0, 0.1) is 6.92 Å². The van der Waals surface area contributed by atoms with Gasteiger partial charge in [0.05, 0.1) is 16.4 Å². The van der Waals surface area contributed by atoms with Crippen LogP contribution in [0.1, 0.15) is 22.2 Å². The third kappa shape index (κ3) is 3.37. The molecule has 0 aromatic carbocycles. The number of aliphatic hydroxyl groups excluding tert-OH is 1. The molecule has 112 valence electrons.